The number of nitrogens with one attached hydrogen (secondary N) is 1. The number of aryl methyl sites for hydroxylation is 2. The average Bonchev–Trinajstić information content (AvgIpc) is 2.73. The number of nitrogens with zero attached hydrogens (tertiary/aromatic N) is 1. The normalized spacial score (nSPS) is 12.7. The van der Waals surface area contributed by atoms with Gasteiger partial charge >= 0.3 is 0 Å². The monoisotopic (exact) mass is 410 g/mol. The first-order valence-electron chi connectivity index (χ1n) is 10.7. The van der Waals surface area contributed by atoms with E-state index in [1.165, 1.54) is 0 Å². The van der Waals surface area contributed by atoms with Crippen LogP contribution in [0.5, 0.6) is 5.75 Å². The highest BCUT2D eigenvalue weighted by molar-refractivity contribution is 5.88. The Balaban J connectivity index is 2.20. The van der Waals surface area contributed by atoms with Gasteiger partial charge in [0.25, 0.3) is 5.91 Å². The fourth-order valence-electron chi connectivity index (χ4n) is 3.18. The van der Waals surface area contributed by atoms with E-state index in [4.69, 9.17) is 4.74 Å². The zero-order valence-corrected chi connectivity index (χ0v) is 18.8. The van der Waals surface area contributed by atoms with E-state index in [-0.39, 0.29) is 24.5 Å². The second-order valence-electron chi connectivity index (χ2n) is 7.85. The molecular formula is C25H34N2O3. The first-order chi connectivity index (χ1) is 14.3. The number of hydrogen-bond donors (Lipinski definition) is 1. The Morgan fingerprint density at radius 3 is 2.30 bits per heavy atom. The molecule has 0 fully saturated rings. The molecule has 2 amide bonds. The van der Waals surface area contributed by atoms with Gasteiger partial charge in [-0.2, -0.15) is 0 Å². The molecular weight excluding hydrogens is 376 g/mol. The number of benzene rings is 2. The molecule has 1 N–H and O–H groups in total. The Bertz CT molecular complexity index is 833. The summed E-state index contributed by atoms with van der Waals surface area (Å²) in [4.78, 5) is 27.7. The number of rotatable bonds is 10. The van der Waals surface area contributed by atoms with E-state index < -0.39 is 6.04 Å². The molecule has 0 aliphatic heterocycles. The van der Waals surface area contributed by atoms with Crippen LogP contribution in [0.4, 0.5) is 0 Å². The maximum absolute atomic E-state index is 13.2. The van der Waals surface area contributed by atoms with Gasteiger partial charge in [0, 0.05) is 12.6 Å². The molecule has 2 atom stereocenters. The van der Waals surface area contributed by atoms with Crippen LogP contribution in [0, 0.1) is 13.8 Å². The van der Waals surface area contributed by atoms with Gasteiger partial charge in [-0.1, -0.05) is 55.8 Å². The van der Waals surface area contributed by atoms with Crippen LogP contribution in [0.15, 0.2) is 48.5 Å². The summed E-state index contributed by atoms with van der Waals surface area (Å²) in [5.41, 5.74) is 3.20. The molecule has 0 unspecified atom stereocenters. The second kappa shape index (κ2) is 11.4. The summed E-state index contributed by atoms with van der Waals surface area (Å²) in [6, 6.07) is 15.1. The fourth-order valence-corrected chi connectivity index (χ4v) is 3.18. The Kier molecular flexibility index (Phi) is 8.90. The van der Waals surface area contributed by atoms with Crippen LogP contribution in [0.25, 0.3) is 0 Å². The van der Waals surface area contributed by atoms with Crippen molar-refractivity contribution in [1.29, 1.82) is 0 Å². The van der Waals surface area contributed by atoms with Gasteiger partial charge in [0.05, 0.1) is 0 Å². The number of amides is 2. The van der Waals surface area contributed by atoms with E-state index in [0.29, 0.717) is 18.7 Å². The number of carbonyl (C=O) groups is 2. The van der Waals surface area contributed by atoms with E-state index in [1.54, 1.807) is 4.90 Å². The van der Waals surface area contributed by atoms with Crippen LogP contribution in [0.3, 0.4) is 0 Å². The summed E-state index contributed by atoms with van der Waals surface area (Å²) < 4.78 is 5.74. The molecule has 0 spiro atoms. The van der Waals surface area contributed by atoms with Crippen molar-refractivity contribution in [1.82, 2.24) is 10.2 Å². The van der Waals surface area contributed by atoms with Crippen molar-refractivity contribution in [3.63, 3.8) is 0 Å². The lowest BCUT2D eigenvalue weighted by molar-refractivity contribution is -0.143. The second-order valence-corrected chi connectivity index (χ2v) is 7.85. The number of hydrogen-bond acceptors (Lipinski definition) is 3. The Hall–Kier alpha value is -2.82. The Labute approximate surface area is 180 Å². The van der Waals surface area contributed by atoms with Gasteiger partial charge in [0.15, 0.2) is 6.61 Å². The highest BCUT2D eigenvalue weighted by atomic mass is 16.5. The van der Waals surface area contributed by atoms with Crippen molar-refractivity contribution in [3.05, 3.63) is 65.2 Å². The molecule has 30 heavy (non-hydrogen) atoms. The topological polar surface area (TPSA) is 58.6 Å². The molecule has 0 heterocycles. The lowest BCUT2D eigenvalue weighted by atomic mass is 10.1. The average molecular weight is 411 g/mol. The van der Waals surface area contributed by atoms with E-state index in [9.17, 15) is 9.59 Å². The van der Waals surface area contributed by atoms with Crippen molar-refractivity contribution in [3.8, 4) is 5.75 Å². The SMILES string of the molecule is CC[C@H](C(=O)N[C@@H](C)CC)N(Cc1ccc(C)cc1)C(=O)COc1cccc(C)c1. The smallest absolute Gasteiger partial charge is 0.261 e. The van der Waals surface area contributed by atoms with E-state index >= 15 is 0 Å². The summed E-state index contributed by atoms with van der Waals surface area (Å²) in [6.45, 7) is 10.2. The van der Waals surface area contributed by atoms with Gasteiger partial charge < -0.3 is 15.0 Å². The molecule has 0 aliphatic rings. The summed E-state index contributed by atoms with van der Waals surface area (Å²) in [7, 11) is 0. The minimum Gasteiger partial charge on any atom is -0.484 e. The molecule has 2 aromatic carbocycles. The van der Waals surface area contributed by atoms with Crippen LogP contribution in [0.2, 0.25) is 0 Å². The van der Waals surface area contributed by atoms with E-state index in [0.717, 1.165) is 23.1 Å². The zero-order valence-electron chi connectivity index (χ0n) is 18.8. The molecule has 0 saturated carbocycles. The highest BCUT2D eigenvalue weighted by Gasteiger charge is 2.29. The standard InChI is InChI=1S/C25H34N2O3/c1-6-20(5)26-25(29)23(7-2)27(16-21-13-11-18(3)12-14-21)24(28)17-30-22-10-8-9-19(4)15-22/h8-15,20,23H,6-7,16-17H2,1-5H3,(H,26,29)/t20-,23+/m0/s1. The largest absolute Gasteiger partial charge is 0.484 e. The predicted octanol–water partition coefficient (Wildman–Crippen LogP) is 4.40. The molecule has 0 aliphatic carbocycles. The molecule has 5 nitrogen and oxygen atoms in total. The number of ether oxygens (including phenoxy) is 1. The minimum atomic E-state index is -0.547. The minimum absolute atomic E-state index is 0.0615. The summed E-state index contributed by atoms with van der Waals surface area (Å²) in [5.74, 6) is 0.321. The van der Waals surface area contributed by atoms with Crippen LogP contribution in [-0.2, 0) is 16.1 Å². The summed E-state index contributed by atoms with van der Waals surface area (Å²) >= 11 is 0. The molecule has 5 heteroatoms. The molecule has 0 radical (unpaired) electrons. The first-order valence-corrected chi connectivity index (χ1v) is 10.7. The van der Waals surface area contributed by atoms with Crippen LogP contribution in [-0.4, -0.2) is 35.4 Å². The van der Waals surface area contributed by atoms with Crippen molar-refractivity contribution in [2.24, 2.45) is 0 Å². The third-order valence-corrected chi connectivity index (χ3v) is 5.21. The maximum Gasteiger partial charge on any atom is 0.261 e. The van der Waals surface area contributed by atoms with Gasteiger partial charge in [-0.25, -0.2) is 0 Å². The summed E-state index contributed by atoms with van der Waals surface area (Å²) in [6.07, 6.45) is 1.37. The molecule has 2 rings (SSSR count). The van der Waals surface area contributed by atoms with Crippen LogP contribution in [0.1, 0.15) is 50.3 Å². The molecule has 0 aromatic heterocycles. The van der Waals surface area contributed by atoms with Gasteiger partial charge in [0.2, 0.25) is 5.91 Å². The quantitative estimate of drug-likeness (QED) is 0.631. The van der Waals surface area contributed by atoms with Crippen molar-refractivity contribution >= 4 is 11.8 Å². The Morgan fingerprint density at radius 2 is 1.70 bits per heavy atom. The fraction of sp³-hybridized carbons (Fsp3) is 0.440. The molecule has 0 saturated heterocycles. The van der Waals surface area contributed by atoms with Gasteiger partial charge in [-0.15, -0.1) is 0 Å². The highest BCUT2D eigenvalue weighted by Crippen LogP contribution is 2.16. The third kappa shape index (κ3) is 6.90. The van der Waals surface area contributed by atoms with Gasteiger partial charge in [-0.05, 0) is 56.9 Å². The van der Waals surface area contributed by atoms with Crippen molar-refractivity contribution in [2.45, 2.75) is 66.1 Å². The predicted molar refractivity (Wildman–Crippen MR) is 120 cm³/mol. The lowest BCUT2D eigenvalue weighted by Crippen LogP contribution is -2.51. The van der Waals surface area contributed by atoms with Crippen LogP contribution >= 0.6 is 0 Å². The summed E-state index contributed by atoms with van der Waals surface area (Å²) in [5, 5.41) is 3.02. The van der Waals surface area contributed by atoms with Crippen LogP contribution < -0.4 is 10.1 Å². The van der Waals surface area contributed by atoms with E-state index in [2.05, 4.69) is 5.32 Å². The molecule has 0 bridgehead atoms. The first kappa shape index (κ1) is 23.5. The third-order valence-electron chi connectivity index (χ3n) is 5.21. The zero-order chi connectivity index (χ0) is 22.1. The lowest BCUT2D eigenvalue weighted by Gasteiger charge is -2.31. The van der Waals surface area contributed by atoms with Gasteiger partial charge in [-0.3, -0.25) is 9.59 Å². The molecule has 2 aromatic rings. The van der Waals surface area contributed by atoms with Crippen molar-refractivity contribution in [2.75, 3.05) is 6.61 Å². The van der Waals surface area contributed by atoms with Crippen molar-refractivity contribution < 1.29 is 14.3 Å². The number of carbonyl (C=O) groups excluding carboxylic acids is 2. The maximum atomic E-state index is 13.2. The Morgan fingerprint density at radius 1 is 1.00 bits per heavy atom. The van der Waals surface area contributed by atoms with E-state index in [1.807, 2.05) is 83.1 Å². The van der Waals surface area contributed by atoms with Gasteiger partial charge in [0.1, 0.15) is 11.8 Å². The molecule has 162 valence electrons.